The Morgan fingerprint density at radius 2 is 2.00 bits per heavy atom. The van der Waals surface area contributed by atoms with Crippen molar-refractivity contribution in [3.8, 4) is 11.3 Å². The summed E-state index contributed by atoms with van der Waals surface area (Å²) in [4.78, 5) is 20.7. The van der Waals surface area contributed by atoms with Crippen molar-refractivity contribution in [3.05, 3.63) is 48.4 Å². The topological polar surface area (TPSA) is 101 Å². The first-order valence-corrected chi connectivity index (χ1v) is 10.6. The Morgan fingerprint density at radius 3 is 2.78 bits per heavy atom. The number of aromatic amines is 1. The lowest BCUT2D eigenvalue weighted by Gasteiger charge is -2.21. The van der Waals surface area contributed by atoms with Crippen LogP contribution in [0.4, 0.5) is 0 Å². The molecule has 0 spiro atoms. The molecule has 0 atom stereocenters. The number of hydrogen-bond acceptors (Lipinski definition) is 4. The number of pyridine rings is 1. The summed E-state index contributed by atoms with van der Waals surface area (Å²) in [7, 11) is 3.91. The number of hydrogen-bond donors (Lipinski definition) is 3. The van der Waals surface area contributed by atoms with Gasteiger partial charge in [0.2, 0.25) is 0 Å². The molecule has 0 aliphatic heterocycles. The van der Waals surface area contributed by atoms with Crippen LogP contribution < -0.4 is 5.32 Å². The standard InChI is InChI=1S/C24H26N6O2/c1-24(2,13-31)12-26-23(32)14-5-6-16-18(11-29(3)20(16)7-14)19-8-17-21-15(10-27-30(21)4)9-25-22(17)28-19/h5-11,31H,12-13H2,1-4H3,(H,25,28)(H,26,32). The zero-order chi connectivity index (χ0) is 22.6. The molecule has 0 aliphatic carbocycles. The summed E-state index contributed by atoms with van der Waals surface area (Å²) >= 11 is 0. The van der Waals surface area contributed by atoms with Crippen LogP contribution in [0.15, 0.2) is 42.9 Å². The average molecular weight is 431 g/mol. The molecule has 164 valence electrons. The number of aliphatic hydroxyl groups is 1. The van der Waals surface area contributed by atoms with Gasteiger partial charge in [-0.1, -0.05) is 19.9 Å². The maximum Gasteiger partial charge on any atom is 0.251 e. The van der Waals surface area contributed by atoms with Crippen molar-refractivity contribution in [1.82, 2.24) is 29.6 Å². The second-order valence-electron chi connectivity index (χ2n) is 9.17. The third kappa shape index (κ3) is 3.23. The molecule has 5 rings (SSSR count). The number of rotatable bonds is 5. The number of carbonyl (C=O) groups is 1. The molecular formula is C24H26N6O2. The monoisotopic (exact) mass is 430 g/mol. The summed E-state index contributed by atoms with van der Waals surface area (Å²) in [5, 5.41) is 19.8. The van der Waals surface area contributed by atoms with Gasteiger partial charge in [0, 0.05) is 83.6 Å². The number of benzene rings is 1. The molecular weight excluding hydrogens is 404 g/mol. The van der Waals surface area contributed by atoms with E-state index in [4.69, 9.17) is 0 Å². The fraction of sp³-hybridized carbons (Fsp3) is 0.292. The van der Waals surface area contributed by atoms with Crippen molar-refractivity contribution in [1.29, 1.82) is 0 Å². The van der Waals surface area contributed by atoms with E-state index in [1.807, 2.05) is 67.8 Å². The van der Waals surface area contributed by atoms with Crippen LogP contribution in [0, 0.1) is 5.41 Å². The van der Waals surface area contributed by atoms with Gasteiger partial charge in [-0.05, 0) is 18.2 Å². The molecule has 0 saturated heterocycles. The summed E-state index contributed by atoms with van der Waals surface area (Å²) < 4.78 is 3.89. The molecule has 4 heterocycles. The molecule has 1 aromatic carbocycles. The largest absolute Gasteiger partial charge is 0.396 e. The average Bonchev–Trinajstić information content (AvgIpc) is 3.47. The van der Waals surface area contributed by atoms with E-state index in [2.05, 4.69) is 32.6 Å². The van der Waals surface area contributed by atoms with Gasteiger partial charge in [-0.15, -0.1) is 0 Å². The molecule has 0 radical (unpaired) electrons. The molecule has 0 aliphatic rings. The Balaban J connectivity index is 1.54. The minimum absolute atomic E-state index is 0.0119. The predicted octanol–water partition coefficient (Wildman–Crippen LogP) is 3.36. The molecule has 0 unspecified atom stereocenters. The number of aryl methyl sites for hydroxylation is 2. The Hall–Kier alpha value is -3.65. The highest BCUT2D eigenvalue weighted by Gasteiger charge is 2.19. The van der Waals surface area contributed by atoms with Crippen LogP contribution in [-0.2, 0) is 14.1 Å². The first-order valence-electron chi connectivity index (χ1n) is 10.6. The van der Waals surface area contributed by atoms with Crippen molar-refractivity contribution >= 4 is 38.7 Å². The summed E-state index contributed by atoms with van der Waals surface area (Å²) in [6.45, 7) is 4.24. The van der Waals surface area contributed by atoms with Crippen LogP contribution in [0.25, 0.3) is 44.1 Å². The van der Waals surface area contributed by atoms with E-state index in [0.29, 0.717) is 12.1 Å². The highest BCUT2D eigenvalue weighted by atomic mass is 16.3. The van der Waals surface area contributed by atoms with Crippen LogP contribution >= 0.6 is 0 Å². The van der Waals surface area contributed by atoms with Crippen LogP contribution in [-0.4, -0.2) is 48.5 Å². The van der Waals surface area contributed by atoms with E-state index in [1.54, 1.807) is 0 Å². The van der Waals surface area contributed by atoms with Gasteiger partial charge in [0.05, 0.1) is 11.7 Å². The van der Waals surface area contributed by atoms with Crippen LogP contribution in [0.1, 0.15) is 24.2 Å². The van der Waals surface area contributed by atoms with Crippen molar-refractivity contribution < 1.29 is 9.90 Å². The lowest BCUT2D eigenvalue weighted by Crippen LogP contribution is -2.36. The Bertz CT molecular complexity index is 1490. The van der Waals surface area contributed by atoms with Crippen molar-refractivity contribution in [3.63, 3.8) is 0 Å². The molecule has 0 bridgehead atoms. The number of nitrogens with one attached hydrogen (secondary N) is 2. The summed E-state index contributed by atoms with van der Waals surface area (Å²) in [6.07, 6.45) is 5.71. The number of amides is 1. The second-order valence-corrected chi connectivity index (χ2v) is 9.17. The van der Waals surface area contributed by atoms with Crippen LogP contribution in [0.3, 0.4) is 0 Å². The van der Waals surface area contributed by atoms with E-state index in [9.17, 15) is 9.90 Å². The predicted molar refractivity (Wildman–Crippen MR) is 125 cm³/mol. The lowest BCUT2D eigenvalue weighted by molar-refractivity contribution is 0.0911. The van der Waals surface area contributed by atoms with Gasteiger partial charge in [-0.3, -0.25) is 9.48 Å². The molecule has 0 saturated carbocycles. The Labute approximate surface area is 184 Å². The zero-order valence-corrected chi connectivity index (χ0v) is 18.6. The van der Waals surface area contributed by atoms with Gasteiger partial charge >= 0.3 is 0 Å². The third-order valence-electron chi connectivity index (χ3n) is 6.05. The molecule has 32 heavy (non-hydrogen) atoms. The van der Waals surface area contributed by atoms with Crippen LogP contribution in [0.2, 0.25) is 0 Å². The fourth-order valence-electron chi connectivity index (χ4n) is 4.10. The highest BCUT2D eigenvalue weighted by molar-refractivity contribution is 6.07. The van der Waals surface area contributed by atoms with E-state index in [0.717, 1.165) is 44.1 Å². The first-order chi connectivity index (χ1) is 15.3. The summed E-state index contributed by atoms with van der Waals surface area (Å²) in [5.41, 5.74) is 5.07. The Kier molecular flexibility index (Phi) is 4.56. The van der Waals surface area contributed by atoms with Crippen molar-refractivity contribution in [2.75, 3.05) is 13.2 Å². The molecule has 8 heteroatoms. The fourth-order valence-corrected chi connectivity index (χ4v) is 4.10. The number of fused-ring (bicyclic) bond motifs is 4. The summed E-state index contributed by atoms with van der Waals surface area (Å²) in [5.74, 6) is -0.149. The highest BCUT2D eigenvalue weighted by Crippen LogP contribution is 2.34. The maximum absolute atomic E-state index is 12.7. The van der Waals surface area contributed by atoms with Gasteiger partial charge in [0.15, 0.2) is 0 Å². The molecule has 4 aromatic heterocycles. The van der Waals surface area contributed by atoms with Gasteiger partial charge in [0.1, 0.15) is 5.65 Å². The summed E-state index contributed by atoms with van der Waals surface area (Å²) in [6, 6.07) is 7.84. The zero-order valence-electron chi connectivity index (χ0n) is 18.6. The number of aromatic nitrogens is 5. The van der Waals surface area contributed by atoms with E-state index in [1.165, 1.54) is 0 Å². The van der Waals surface area contributed by atoms with Gasteiger partial charge in [-0.25, -0.2) is 4.98 Å². The minimum Gasteiger partial charge on any atom is -0.396 e. The first kappa shape index (κ1) is 20.3. The van der Waals surface area contributed by atoms with Crippen molar-refractivity contribution in [2.45, 2.75) is 13.8 Å². The van der Waals surface area contributed by atoms with Crippen LogP contribution in [0.5, 0.6) is 0 Å². The Morgan fingerprint density at radius 1 is 1.19 bits per heavy atom. The number of nitrogens with zero attached hydrogens (tertiary/aromatic N) is 4. The molecule has 3 N–H and O–H groups in total. The van der Waals surface area contributed by atoms with E-state index >= 15 is 0 Å². The van der Waals surface area contributed by atoms with Gasteiger partial charge in [0.25, 0.3) is 5.91 Å². The quantitative estimate of drug-likeness (QED) is 0.398. The molecule has 0 fully saturated rings. The number of aliphatic hydroxyl groups excluding tert-OH is 1. The lowest BCUT2D eigenvalue weighted by atomic mass is 9.95. The van der Waals surface area contributed by atoms with Crippen molar-refractivity contribution in [2.24, 2.45) is 19.5 Å². The number of carbonyl (C=O) groups excluding carboxylic acids is 1. The second kappa shape index (κ2) is 7.20. The minimum atomic E-state index is -0.360. The van der Waals surface area contributed by atoms with E-state index in [-0.39, 0.29) is 17.9 Å². The molecule has 5 aromatic rings. The third-order valence-corrected chi connectivity index (χ3v) is 6.05. The molecule has 1 amide bonds. The maximum atomic E-state index is 12.7. The molecule has 8 nitrogen and oxygen atoms in total. The smallest absolute Gasteiger partial charge is 0.251 e. The van der Waals surface area contributed by atoms with Gasteiger partial charge in [-0.2, -0.15) is 5.10 Å². The number of H-pyrrole nitrogens is 1. The van der Waals surface area contributed by atoms with E-state index < -0.39 is 0 Å². The normalized spacial score (nSPS) is 12.3. The van der Waals surface area contributed by atoms with Gasteiger partial charge < -0.3 is 20.0 Å². The SMILES string of the molecule is Cn1cc(-c2cc3c(ncc4cnn(C)c43)[nH]2)c2ccc(C(=O)NCC(C)(C)CO)cc21.